The van der Waals surface area contributed by atoms with E-state index in [1.165, 1.54) is 0 Å². The molecular formula is C8H11NO2. The van der Waals surface area contributed by atoms with Crippen LogP contribution in [0.1, 0.15) is 20.8 Å². The van der Waals surface area contributed by atoms with Crippen LogP contribution in [0.4, 0.5) is 0 Å². The zero-order valence-electron chi connectivity index (χ0n) is 6.88. The van der Waals surface area contributed by atoms with Crippen molar-refractivity contribution in [2.75, 3.05) is 0 Å². The second-order valence-corrected chi connectivity index (χ2v) is 3.58. The van der Waals surface area contributed by atoms with Crippen molar-refractivity contribution in [1.29, 1.82) is 0 Å². The second-order valence-electron chi connectivity index (χ2n) is 3.58. The van der Waals surface area contributed by atoms with Crippen LogP contribution in [-0.4, -0.2) is 16.8 Å². The maximum atomic E-state index is 10.5. The molecule has 11 heavy (non-hydrogen) atoms. The summed E-state index contributed by atoms with van der Waals surface area (Å²) in [4.78, 5) is 14.1. The predicted octanol–water partition coefficient (Wildman–Crippen LogP) is 1.46. The van der Waals surface area contributed by atoms with E-state index in [0.717, 1.165) is 5.57 Å². The third-order valence-electron chi connectivity index (χ3n) is 1.59. The molecule has 1 aliphatic heterocycles. The van der Waals surface area contributed by atoms with Crippen LogP contribution in [0.2, 0.25) is 0 Å². The highest BCUT2D eigenvalue weighted by atomic mass is 16.4. The lowest BCUT2D eigenvalue weighted by Crippen LogP contribution is -2.28. The van der Waals surface area contributed by atoms with E-state index in [1.807, 2.05) is 20.8 Å². The van der Waals surface area contributed by atoms with Crippen LogP contribution in [0.5, 0.6) is 0 Å². The number of carboxylic acid groups (broad SMARTS) is 1. The number of nitrogens with zero attached hydrogens (tertiary/aromatic N) is 1. The fraction of sp³-hybridized carbons (Fsp3) is 0.500. The van der Waals surface area contributed by atoms with E-state index in [4.69, 9.17) is 5.11 Å². The summed E-state index contributed by atoms with van der Waals surface area (Å²) in [6.07, 6.45) is 1.61. The van der Waals surface area contributed by atoms with Gasteiger partial charge in [0.1, 0.15) is 0 Å². The lowest BCUT2D eigenvalue weighted by molar-refractivity contribution is -0.129. The molecule has 0 aromatic heterocycles. The van der Waals surface area contributed by atoms with Crippen molar-refractivity contribution in [3.8, 4) is 0 Å². The molecule has 0 atom stereocenters. The highest BCUT2D eigenvalue weighted by Crippen LogP contribution is 2.30. The van der Waals surface area contributed by atoms with Crippen LogP contribution in [0.25, 0.3) is 0 Å². The van der Waals surface area contributed by atoms with Crippen molar-refractivity contribution in [2.45, 2.75) is 20.8 Å². The standard InChI is InChI=1S/C8H11NO2/c1-8(2,3)5-4-9-6(5)7(10)11/h4H,1-3H3,(H,10,11). The van der Waals surface area contributed by atoms with E-state index in [-0.39, 0.29) is 11.1 Å². The molecule has 1 aliphatic rings. The van der Waals surface area contributed by atoms with Gasteiger partial charge >= 0.3 is 5.97 Å². The molecule has 1 heterocycles. The van der Waals surface area contributed by atoms with Crippen molar-refractivity contribution in [1.82, 2.24) is 0 Å². The number of aliphatic carboxylic acids is 1. The largest absolute Gasteiger partial charge is 0.477 e. The number of carboxylic acids is 1. The third-order valence-corrected chi connectivity index (χ3v) is 1.59. The minimum absolute atomic E-state index is 0.102. The van der Waals surface area contributed by atoms with E-state index >= 15 is 0 Å². The van der Waals surface area contributed by atoms with Gasteiger partial charge in [-0.15, -0.1) is 0 Å². The zero-order chi connectivity index (χ0) is 8.65. The van der Waals surface area contributed by atoms with E-state index in [2.05, 4.69) is 4.99 Å². The van der Waals surface area contributed by atoms with Gasteiger partial charge in [0.25, 0.3) is 0 Å². The highest BCUT2D eigenvalue weighted by molar-refractivity contribution is 6.44. The van der Waals surface area contributed by atoms with Crippen LogP contribution < -0.4 is 0 Å². The normalized spacial score (nSPS) is 16.6. The minimum Gasteiger partial charge on any atom is -0.477 e. The molecule has 60 valence electrons. The van der Waals surface area contributed by atoms with Gasteiger partial charge in [-0.3, -0.25) is 0 Å². The second kappa shape index (κ2) is 2.19. The lowest BCUT2D eigenvalue weighted by Gasteiger charge is -2.25. The average molecular weight is 153 g/mol. The van der Waals surface area contributed by atoms with Gasteiger partial charge < -0.3 is 5.11 Å². The van der Waals surface area contributed by atoms with Crippen LogP contribution >= 0.6 is 0 Å². The van der Waals surface area contributed by atoms with Gasteiger partial charge in [-0.1, -0.05) is 20.8 Å². The van der Waals surface area contributed by atoms with Crippen LogP contribution in [0, 0.1) is 5.41 Å². The first kappa shape index (κ1) is 7.98. The molecule has 1 N–H and O–H groups in total. The van der Waals surface area contributed by atoms with Crippen molar-refractivity contribution in [3.05, 3.63) is 11.8 Å². The molecule has 0 spiro atoms. The summed E-state index contributed by atoms with van der Waals surface area (Å²) in [5, 5.41) is 8.60. The van der Waals surface area contributed by atoms with Crippen LogP contribution in [0.3, 0.4) is 0 Å². The minimum atomic E-state index is -0.933. The quantitative estimate of drug-likeness (QED) is 0.619. The molecule has 0 saturated carbocycles. The number of carbonyl (C=O) groups is 1. The molecule has 0 fully saturated rings. The summed E-state index contributed by atoms with van der Waals surface area (Å²) >= 11 is 0. The number of aliphatic imine (C=N–C) groups is 1. The Morgan fingerprint density at radius 3 is 2.18 bits per heavy atom. The first-order chi connectivity index (χ1) is 4.93. The Balaban J connectivity index is 2.76. The Labute approximate surface area is 65.4 Å². The first-order valence-corrected chi connectivity index (χ1v) is 3.45. The number of hydrogen-bond donors (Lipinski definition) is 1. The Hall–Kier alpha value is -1.12. The number of rotatable bonds is 1. The zero-order valence-corrected chi connectivity index (χ0v) is 6.88. The molecule has 3 nitrogen and oxygen atoms in total. The highest BCUT2D eigenvalue weighted by Gasteiger charge is 2.30. The topological polar surface area (TPSA) is 49.7 Å². The van der Waals surface area contributed by atoms with Gasteiger partial charge in [0.05, 0.1) is 0 Å². The van der Waals surface area contributed by atoms with Crippen LogP contribution in [-0.2, 0) is 4.79 Å². The SMILES string of the molecule is CC(C)(C)C1=CN=C1C(=O)O. The average Bonchev–Trinajstić information content (AvgIpc) is 1.51. The maximum absolute atomic E-state index is 10.5. The fourth-order valence-electron chi connectivity index (χ4n) is 0.913. The molecule has 3 heteroatoms. The van der Waals surface area contributed by atoms with Gasteiger partial charge in [-0.2, -0.15) is 0 Å². The third kappa shape index (κ3) is 1.31. The predicted molar refractivity (Wildman–Crippen MR) is 42.6 cm³/mol. The molecule has 0 aromatic rings. The molecule has 0 saturated heterocycles. The van der Waals surface area contributed by atoms with Gasteiger partial charge in [0, 0.05) is 11.8 Å². The monoisotopic (exact) mass is 153 g/mol. The van der Waals surface area contributed by atoms with Gasteiger partial charge in [-0.25, -0.2) is 9.79 Å². The molecular weight excluding hydrogens is 142 g/mol. The summed E-state index contributed by atoms with van der Waals surface area (Å²) in [6.45, 7) is 5.91. The molecule has 0 radical (unpaired) electrons. The molecule has 1 rings (SSSR count). The van der Waals surface area contributed by atoms with E-state index < -0.39 is 5.97 Å². The smallest absolute Gasteiger partial charge is 0.354 e. The van der Waals surface area contributed by atoms with Gasteiger partial charge in [0.15, 0.2) is 5.71 Å². The lowest BCUT2D eigenvalue weighted by atomic mass is 9.82. The number of hydrogen-bond acceptors (Lipinski definition) is 2. The summed E-state index contributed by atoms with van der Waals surface area (Å²) in [5.74, 6) is -0.933. The van der Waals surface area contributed by atoms with Crippen molar-refractivity contribution in [3.63, 3.8) is 0 Å². The molecule has 0 bridgehead atoms. The van der Waals surface area contributed by atoms with Crippen LogP contribution in [0.15, 0.2) is 16.8 Å². The van der Waals surface area contributed by atoms with Gasteiger partial charge in [0.2, 0.25) is 0 Å². The van der Waals surface area contributed by atoms with E-state index in [9.17, 15) is 4.79 Å². The van der Waals surface area contributed by atoms with E-state index in [1.54, 1.807) is 6.20 Å². The fourth-order valence-corrected chi connectivity index (χ4v) is 0.913. The molecule has 0 amide bonds. The van der Waals surface area contributed by atoms with Crippen molar-refractivity contribution < 1.29 is 9.90 Å². The summed E-state index contributed by atoms with van der Waals surface area (Å²) in [5.41, 5.74) is 0.928. The summed E-state index contributed by atoms with van der Waals surface area (Å²) in [6, 6.07) is 0. The molecule has 0 aliphatic carbocycles. The molecule has 0 unspecified atom stereocenters. The van der Waals surface area contributed by atoms with Crippen molar-refractivity contribution >= 4 is 11.7 Å². The molecule has 0 aromatic carbocycles. The Morgan fingerprint density at radius 2 is 2.09 bits per heavy atom. The summed E-state index contributed by atoms with van der Waals surface area (Å²) < 4.78 is 0. The van der Waals surface area contributed by atoms with Crippen molar-refractivity contribution in [2.24, 2.45) is 10.4 Å². The van der Waals surface area contributed by atoms with E-state index in [0.29, 0.717) is 0 Å². The Morgan fingerprint density at radius 1 is 1.55 bits per heavy atom. The van der Waals surface area contributed by atoms with Gasteiger partial charge in [-0.05, 0) is 5.41 Å². The Kier molecular flexibility index (Phi) is 1.59. The first-order valence-electron chi connectivity index (χ1n) is 3.45. The summed E-state index contributed by atoms with van der Waals surface area (Å²) in [7, 11) is 0. The Bertz CT molecular complexity index is 256. The maximum Gasteiger partial charge on any atom is 0.354 e.